The quantitative estimate of drug-likeness (QED) is 0.0502. The molecule has 1 aliphatic rings. The third-order valence-electron chi connectivity index (χ3n) is 15.3. The number of ether oxygens (including phenoxy) is 10. The van der Waals surface area contributed by atoms with E-state index in [1.165, 1.54) is 14.2 Å². The maximum absolute atomic E-state index is 12.0. The first kappa shape index (κ1) is 60.5. The summed E-state index contributed by atoms with van der Waals surface area (Å²) in [4.78, 5) is 24.0. The van der Waals surface area contributed by atoms with Gasteiger partial charge in [0.2, 0.25) is 0 Å². The number of fused-ring (bicyclic) bond motifs is 3. The van der Waals surface area contributed by atoms with Gasteiger partial charge in [0.1, 0.15) is 58.9 Å². The van der Waals surface area contributed by atoms with Gasteiger partial charge in [0, 0.05) is 15.6 Å². The number of carbonyl (C=O) groups is 2. The van der Waals surface area contributed by atoms with Crippen LogP contribution in [0.4, 0.5) is 0 Å². The molecule has 0 aromatic heterocycles. The van der Waals surface area contributed by atoms with Gasteiger partial charge < -0.3 is 47.4 Å². The Morgan fingerprint density at radius 1 is 0.402 bits per heavy atom. The second kappa shape index (κ2) is 28.0. The topological polar surface area (TPSA) is 126 Å². The zero-order valence-corrected chi connectivity index (χ0v) is 50.7. The van der Waals surface area contributed by atoms with Crippen LogP contribution in [0.2, 0.25) is 0 Å². The molecule has 12 nitrogen and oxygen atoms in total. The highest BCUT2D eigenvalue weighted by molar-refractivity contribution is 9.10. The Bertz CT molecular complexity index is 3830. The van der Waals surface area contributed by atoms with E-state index in [1.54, 1.807) is 46.6 Å². The van der Waals surface area contributed by atoms with Crippen LogP contribution in [0.5, 0.6) is 34.5 Å². The van der Waals surface area contributed by atoms with Crippen molar-refractivity contribution in [2.75, 3.05) is 42.7 Å². The summed E-state index contributed by atoms with van der Waals surface area (Å²) in [5.41, 5.74) is 10.6. The average Bonchev–Trinajstić information content (AvgIpc) is 1.29. The first-order chi connectivity index (χ1) is 42.5. The smallest absolute Gasteiger partial charge is 0.337 e. The van der Waals surface area contributed by atoms with Crippen LogP contribution in [0.15, 0.2) is 241 Å². The number of halogens is 1. The van der Waals surface area contributed by atoms with Crippen molar-refractivity contribution in [2.45, 2.75) is 37.6 Å². The lowest BCUT2D eigenvalue weighted by Crippen LogP contribution is -2.32. The van der Waals surface area contributed by atoms with Crippen LogP contribution < -0.4 is 28.4 Å². The van der Waals surface area contributed by atoms with E-state index in [-0.39, 0.29) is 12.6 Å². The Morgan fingerprint density at radius 3 is 1.29 bits per heavy atom. The SMILES string of the molecule is COC(=O)c1ccc(Br)c(COc2cccc(COC(c3ccccc3)(c3ccc(OC)cc3)c3ccc(OC)cc3)c2)c1.COC(=O)c1ccc2c(c1)COc1cc(COC(c3ccccc3)(c3ccc(OC)cc3)c3ccc(OC)cc3)ccc1-2. The molecular weight excluding hydrogens is 1160 g/mol. The highest BCUT2D eigenvalue weighted by atomic mass is 79.9. The lowest BCUT2D eigenvalue weighted by Gasteiger charge is -2.36. The number of esters is 2. The molecule has 0 unspecified atom stereocenters. The van der Waals surface area contributed by atoms with Crippen LogP contribution >= 0.6 is 15.9 Å². The van der Waals surface area contributed by atoms with E-state index >= 15 is 0 Å². The van der Waals surface area contributed by atoms with Gasteiger partial charge in [-0.3, -0.25) is 0 Å². The van der Waals surface area contributed by atoms with Crippen LogP contribution in [-0.2, 0) is 56.6 Å². The molecule has 10 aromatic rings. The lowest BCUT2D eigenvalue weighted by atomic mass is 9.80. The third-order valence-corrected chi connectivity index (χ3v) is 16.0. The van der Waals surface area contributed by atoms with E-state index in [0.29, 0.717) is 36.7 Å². The van der Waals surface area contributed by atoms with Crippen LogP contribution in [0.25, 0.3) is 11.1 Å². The van der Waals surface area contributed by atoms with Gasteiger partial charge in [0.15, 0.2) is 0 Å². The molecule has 0 saturated heterocycles. The first-order valence-electron chi connectivity index (χ1n) is 28.0. The van der Waals surface area contributed by atoms with E-state index < -0.39 is 17.2 Å². The van der Waals surface area contributed by atoms with Gasteiger partial charge in [0.25, 0.3) is 0 Å². The largest absolute Gasteiger partial charge is 0.497 e. The van der Waals surface area contributed by atoms with Gasteiger partial charge in [-0.25, -0.2) is 9.59 Å². The zero-order valence-electron chi connectivity index (χ0n) is 49.1. The molecular formula is C74H65BrO12. The van der Waals surface area contributed by atoms with Crippen molar-refractivity contribution in [3.63, 3.8) is 0 Å². The first-order valence-corrected chi connectivity index (χ1v) is 28.8. The summed E-state index contributed by atoms with van der Waals surface area (Å²) in [6.45, 7) is 1.24. The number of hydrogen-bond donors (Lipinski definition) is 0. The summed E-state index contributed by atoms with van der Waals surface area (Å²) in [6, 6.07) is 77.2. The van der Waals surface area contributed by atoms with E-state index in [2.05, 4.69) is 52.3 Å². The summed E-state index contributed by atoms with van der Waals surface area (Å²) in [6.07, 6.45) is 0. The molecule has 10 aromatic carbocycles. The van der Waals surface area contributed by atoms with E-state index in [0.717, 1.165) is 100.0 Å². The molecule has 13 heteroatoms. The Morgan fingerprint density at radius 2 is 0.828 bits per heavy atom. The fourth-order valence-electron chi connectivity index (χ4n) is 10.7. The van der Waals surface area contributed by atoms with Gasteiger partial charge in [-0.1, -0.05) is 155 Å². The number of hydrogen-bond acceptors (Lipinski definition) is 12. The summed E-state index contributed by atoms with van der Waals surface area (Å²) < 4.78 is 58.8. The van der Waals surface area contributed by atoms with E-state index in [1.807, 2.05) is 182 Å². The molecule has 440 valence electrons. The number of rotatable bonds is 21. The van der Waals surface area contributed by atoms with Crippen LogP contribution in [0.3, 0.4) is 0 Å². The van der Waals surface area contributed by atoms with Crippen LogP contribution in [0.1, 0.15) is 76.4 Å². The summed E-state index contributed by atoms with van der Waals surface area (Å²) in [7, 11) is 9.38. The predicted octanol–water partition coefficient (Wildman–Crippen LogP) is 15.9. The van der Waals surface area contributed by atoms with Crippen molar-refractivity contribution >= 4 is 27.9 Å². The van der Waals surface area contributed by atoms with Crippen molar-refractivity contribution in [3.8, 4) is 45.6 Å². The molecule has 1 heterocycles. The molecule has 87 heavy (non-hydrogen) atoms. The number of carbonyl (C=O) groups excluding carboxylic acids is 2. The van der Waals surface area contributed by atoms with Crippen molar-refractivity contribution in [1.82, 2.24) is 0 Å². The number of benzene rings is 10. The fraction of sp³-hybridized carbons (Fsp3) is 0.162. The molecule has 0 N–H and O–H groups in total. The Kier molecular flexibility index (Phi) is 19.5. The van der Waals surface area contributed by atoms with Crippen molar-refractivity contribution in [2.24, 2.45) is 0 Å². The minimum absolute atomic E-state index is 0.265. The second-order valence-electron chi connectivity index (χ2n) is 20.3. The van der Waals surface area contributed by atoms with Gasteiger partial charge in [0.05, 0.1) is 67.0 Å². The maximum atomic E-state index is 12.0. The van der Waals surface area contributed by atoms with Crippen molar-refractivity contribution in [1.29, 1.82) is 0 Å². The molecule has 0 fully saturated rings. The summed E-state index contributed by atoms with van der Waals surface area (Å²) in [5.74, 6) is 3.76. The number of methoxy groups -OCH3 is 6. The summed E-state index contributed by atoms with van der Waals surface area (Å²) >= 11 is 3.55. The lowest BCUT2D eigenvalue weighted by molar-refractivity contribution is 0.0000341. The third kappa shape index (κ3) is 13.4. The molecule has 0 amide bonds. The molecule has 1 aliphatic heterocycles. The van der Waals surface area contributed by atoms with Gasteiger partial charge in [-0.2, -0.15) is 0 Å². The summed E-state index contributed by atoms with van der Waals surface area (Å²) in [5, 5.41) is 0. The standard InChI is InChI=1S/C37H33BrO6.C37H32O6/c1-40-32-17-13-30(14-18-32)37(29-9-5-4-6-10-29,31-15-19-33(41-2)20-16-31)44-24-26-8-7-11-34(22-26)43-25-28-23-27(36(39)42-3)12-21-35(28)38;1-39-31-15-11-29(12-16-31)37(28-7-5-4-6-8-28,30-13-17-32(40-2)18-14-30)43-23-25-9-19-34-33-20-10-26(36(38)41-3)22-27(33)24-42-35(34)21-25/h4-23H,24-25H2,1-3H3;4-22H,23-24H2,1-3H3. The molecule has 11 rings (SSSR count). The highest BCUT2D eigenvalue weighted by Gasteiger charge is 2.40. The average molecular weight is 1230 g/mol. The zero-order chi connectivity index (χ0) is 60.8. The molecule has 0 radical (unpaired) electrons. The molecule has 0 atom stereocenters. The normalized spacial score (nSPS) is 11.5. The van der Waals surface area contributed by atoms with E-state index in [4.69, 9.17) is 47.4 Å². The Hall–Kier alpha value is -9.66. The highest BCUT2D eigenvalue weighted by Crippen LogP contribution is 2.45. The van der Waals surface area contributed by atoms with Crippen LogP contribution in [-0.4, -0.2) is 54.6 Å². The molecule has 0 aliphatic carbocycles. The Labute approximate surface area is 515 Å². The van der Waals surface area contributed by atoms with Crippen LogP contribution in [0, 0.1) is 0 Å². The maximum Gasteiger partial charge on any atom is 0.337 e. The van der Waals surface area contributed by atoms with Crippen molar-refractivity contribution < 1.29 is 57.0 Å². The molecule has 0 saturated carbocycles. The van der Waals surface area contributed by atoms with Gasteiger partial charge in [-0.15, -0.1) is 0 Å². The Balaban J connectivity index is 0.000000193. The van der Waals surface area contributed by atoms with Crippen molar-refractivity contribution in [3.05, 3.63) is 308 Å². The minimum atomic E-state index is -0.935. The van der Waals surface area contributed by atoms with Gasteiger partial charge >= 0.3 is 11.9 Å². The fourth-order valence-corrected chi connectivity index (χ4v) is 11.1. The van der Waals surface area contributed by atoms with E-state index in [9.17, 15) is 9.59 Å². The minimum Gasteiger partial charge on any atom is -0.497 e. The molecule has 0 bridgehead atoms. The monoisotopic (exact) mass is 1220 g/mol. The molecule has 0 spiro atoms. The van der Waals surface area contributed by atoms with Gasteiger partial charge in [-0.05, 0) is 153 Å². The second-order valence-corrected chi connectivity index (χ2v) is 21.2. The predicted molar refractivity (Wildman–Crippen MR) is 338 cm³/mol.